The molecule has 70 valence electrons. The Labute approximate surface area is 80.1 Å². The number of benzene rings is 1. The van der Waals surface area contributed by atoms with E-state index in [2.05, 4.69) is 19.7 Å². The summed E-state index contributed by atoms with van der Waals surface area (Å²) in [7, 11) is -1.39. The Hall–Kier alpha value is -0.893. The number of rotatable bonds is 3. The van der Waals surface area contributed by atoms with Crippen molar-refractivity contribution in [2.75, 3.05) is 0 Å². The average Bonchev–Trinajstić information content (AvgIpc) is 2.05. The molecule has 0 aliphatic rings. The highest BCUT2D eigenvalue weighted by Gasteiger charge is 2.20. The molecule has 0 spiro atoms. The summed E-state index contributed by atoms with van der Waals surface area (Å²) in [5, 5.41) is 1.29. The minimum atomic E-state index is -1.39. The second-order valence-electron chi connectivity index (χ2n) is 3.88. The van der Waals surface area contributed by atoms with Gasteiger partial charge in [0.1, 0.15) is 5.82 Å². The molecule has 2 heteroatoms. The predicted octanol–water partition coefficient (Wildman–Crippen LogP) is 2.93. The summed E-state index contributed by atoms with van der Waals surface area (Å²) < 4.78 is 12.7. The van der Waals surface area contributed by atoms with Crippen LogP contribution in [0.5, 0.6) is 0 Å². The predicted molar refractivity (Wildman–Crippen MR) is 58.5 cm³/mol. The van der Waals surface area contributed by atoms with Crippen molar-refractivity contribution in [3.05, 3.63) is 42.7 Å². The van der Waals surface area contributed by atoms with E-state index in [0.717, 1.165) is 6.04 Å². The van der Waals surface area contributed by atoms with E-state index in [4.69, 9.17) is 0 Å². The van der Waals surface area contributed by atoms with Crippen molar-refractivity contribution < 1.29 is 4.39 Å². The van der Waals surface area contributed by atoms with Crippen LogP contribution in [0.3, 0.4) is 0 Å². The first kappa shape index (κ1) is 10.2. The molecule has 0 N–H and O–H groups in total. The van der Waals surface area contributed by atoms with Gasteiger partial charge in [-0.05, 0) is 18.2 Å². The number of hydrogen-bond acceptors (Lipinski definition) is 0. The summed E-state index contributed by atoms with van der Waals surface area (Å²) in [6.07, 6.45) is 1.95. The van der Waals surface area contributed by atoms with Crippen LogP contribution in [0.25, 0.3) is 0 Å². The maximum Gasteiger partial charge on any atom is 0.123 e. The summed E-state index contributed by atoms with van der Waals surface area (Å²) in [5.41, 5.74) is 0. The van der Waals surface area contributed by atoms with Crippen molar-refractivity contribution in [1.82, 2.24) is 0 Å². The van der Waals surface area contributed by atoms with Crippen LogP contribution in [0.15, 0.2) is 36.9 Å². The lowest BCUT2D eigenvalue weighted by Gasteiger charge is -2.20. The van der Waals surface area contributed by atoms with Gasteiger partial charge in [-0.25, -0.2) is 4.39 Å². The molecule has 0 aliphatic heterocycles. The van der Waals surface area contributed by atoms with Gasteiger partial charge >= 0.3 is 0 Å². The van der Waals surface area contributed by atoms with Gasteiger partial charge in [-0.3, -0.25) is 0 Å². The second kappa shape index (κ2) is 3.88. The minimum absolute atomic E-state index is 0.160. The van der Waals surface area contributed by atoms with Crippen molar-refractivity contribution >= 4 is 13.3 Å². The van der Waals surface area contributed by atoms with Crippen LogP contribution < -0.4 is 5.19 Å². The molecule has 0 heterocycles. The standard InChI is InChI=1S/C11H15FSi/c1-4-9-13(2,3)11-7-5-10(12)6-8-11/h4-8H,1,9H2,2-3H3. The zero-order valence-corrected chi connectivity index (χ0v) is 9.18. The van der Waals surface area contributed by atoms with Crippen LogP contribution >= 0.6 is 0 Å². The van der Waals surface area contributed by atoms with Gasteiger partial charge in [0.25, 0.3) is 0 Å². The molecule has 1 rings (SSSR count). The van der Waals surface area contributed by atoms with Gasteiger partial charge in [0.15, 0.2) is 0 Å². The average molecular weight is 194 g/mol. The van der Waals surface area contributed by atoms with Crippen molar-refractivity contribution in [3.8, 4) is 0 Å². The van der Waals surface area contributed by atoms with Crippen LogP contribution in [0.4, 0.5) is 4.39 Å². The topological polar surface area (TPSA) is 0 Å². The van der Waals surface area contributed by atoms with Crippen LogP contribution in [0, 0.1) is 5.82 Å². The maximum absolute atomic E-state index is 12.7. The van der Waals surface area contributed by atoms with E-state index in [-0.39, 0.29) is 5.82 Å². The molecule has 0 atom stereocenters. The highest BCUT2D eigenvalue weighted by molar-refractivity contribution is 6.90. The molecule has 0 radical (unpaired) electrons. The van der Waals surface area contributed by atoms with E-state index in [1.807, 2.05) is 18.2 Å². The van der Waals surface area contributed by atoms with Crippen molar-refractivity contribution in [1.29, 1.82) is 0 Å². The minimum Gasteiger partial charge on any atom is -0.207 e. The Kier molecular flexibility index (Phi) is 3.04. The van der Waals surface area contributed by atoms with Crippen LogP contribution in [0.1, 0.15) is 0 Å². The molecule has 0 aliphatic carbocycles. The molecule has 13 heavy (non-hydrogen) atoms. The molecule has 0 nitrogen and oxygen atoms in total. The lowest BCUT2D eigenvalue weighted by molar-refractivity contribution is 0.628. The summed E-state index contributed by atoms with van der Waals surface area (Å²) >= 11 is 0. The fourth-order valence-electron chi connectivity index (χ4n) is 1.38. The summed E-state index contributed by atoms with van der Waals surface area (Å²) in [6, 6.07) is 7.90. The van der Waals surface area contributed by atoms with Crippen LogP contribution in [-0.4, -0.2) is 8.07 Å². The van der Waals surface area contributed by atoms with Gasteiger partial charge in [-0.2, -0.15) is 0 Å². The quantitative estimate of drug-likeness (QED) is 0.512. The molecular formula is C11H15FSi. The third kappa shape index (κ3) is 2.52. The van der Waals surface area contributed by atoms with E-state index >= 15 is 0 Å². The van der Waals surface area contributed by atoms with E-state index in [9.17, 15) is 4.39 Å². The largest absolute Gasteiger partial charge is 0.207 e. The Balaban J connectivity index is 2.93. The molecule has 0 amide bonds. The van der Waals surface area contributed by atoms with E-state index < -0.39 is 8.07 Å². The first-order valence-electron chi connectivity index (χ1n) is 4.43. The van der Waals surface area contributed by atoms with E-state index in [0.29, 0.717) is 0 Å². The van der Waals surface area contributed by atoms with Crippen molar-refractivity contribution in [2.45, 2.75) is 19.1 Å². The monoisotopic (exact) mass is 194 g/mol. The normalized spacial score (nSPS) is 11.3. The third-order valence-electron chi connectivity index (χ3n) is 2.28. The van der Waals surface area contributed by atoms with Gasteiger partial charge in [-0.15, -0.1) is 6.58 Å². The lowest BCUT2D eigenvalue weighted by atomic mass is 10.3. The Morgan fingerprint density at radius 3 is 2.31 bits per heavy atom. The second-order valence-corrected chi connectivity index (χ2v) is 8.64. The van der Waals surface area contributed by atoms with E-state index in [1.54, 1.807) is 0 Å². The number of hydrogen-bond donors (Lipinski definition) is 0. The Morgan fingerprint density at radius 2 is 1.85 bits per heavy atom. The molecule has 0 saturated heterocycles. The SMILES string of the molecule is C=CC[Si](C)(C)c1ccc(F)cc1. The van der Waals surface area contributed by atoms with E-state index in [1.165, 1.54) is 17.3 Å². The number of halogens is 1. The fraction of sp³-hybridized carbons (Fsp3) is 0.273. The molecule has 0 saturated carbocycles. The zero-order valence-electron chi connectivity index (χ0n) is 8.18. The van der Waals surface area contributed by atoms with Crippen molar-refractivity contribution in [3.63, 3.8) is 0 Å². The molecule has 0 fully saturated rings. The molecular weight excluding hydrogens is 179 g/mol. The van der Waals surface area contributed by atoms with Gasteiger partial charge in [0, 0.05) is 0 Å². The smallest absolute Gasteiger partial charge is 0.123 e. The first-order chi connectivity index (χ1) is 6.06. The number of allylic oxidation sites excluding steroid dienone is 1. The van der Waals surface area contributed by atoms with Crippen LogP contribution in [-0.2, 0) is 0 Å². The van der Waals surface area contributed by atoms with Crippen LogP contribution in [0.2, 0.25) is 19.1 Å². The zero-order chi connectivity index (χ0) is 9.90. The Bertz CT molecular complexity index is 287. The van der Waals surface area contributed by atoms with Crippen molar-refractivity contribution in [2.24, 2.45) is 0 Å². The fourth-order valence-corrected chi connectivity index (χ4v) is 3.41. The highest BCUT2D eigenvalue weighted by atomic mass is 28.3. The van der Waals surface area contributed by atoms with Gasteiger partial charge in [0.2, 0.25) is 0 Å². The molecule has 0 bridgehead atoms. The molecule has 1 aromatic carbocycles. The first-order valence-corrected chi connectivity index (χ1v) is 7.64. The third-order valence-corrected chi connectivity index (χ3v) is 5.49. The van der Waals surface area contributed by atoms with Gasteiger partial charge < -0.3 is 0 Å². The summed E-state index contributed by atoms with van der Waals surface area (Å²) in [6.45, 7) is 8.28. The summed E-state index contributed by atoms with van der Waals surface area (Å²) in [5.74, 6) is -0.160. The molecule has 1 aromatic rings. The van der Waals surface area contributed by atoms with Gasteiger partial charge in [0.05, 0.1) is 8.07 Å². The highest BCUT2D eigenvalue weighted by Crippen LogP contribution is 2.10. The Morgan fingerprint density at radius 1 is 1.31 bits per heavy atom. The molecule has 0 aromatic heterocycles. The maximum atomic E-state index is 12.7. The summed E-state index contributed by atoms with van der Waals surface area (Å²) in [4.78, 5) is 0. The lowest BCUT2D eigenvalue weighted by Crippen LogP contribution is -2.40. The molecule has 0 unspecified atom stereocenters. The van der Waals surface area contributed by atoms with Gasteiger partial charge in [-0.1, -0.05) is 36.5 Å².